The lowest BCUT2D eigenvalue weighted by Crippen LogP contribution is -2.44. The van der Waals surface area contributed by atoms with Gasteiger partial charge in [0.1, 0.15) is 0 Å². The van der Waals surface area contributed by atoms with Crippen LogP contribution in [0.25, 0.3) is 0 Å². The Labute approximate surface area is 117 Å². The summed E-state index contributed by atoms with van der Waals surface area (Å²) in [6.07, 6.45) is 0. The Kier molecular flexibility index (Phi) is 6.75. The average molecular weight is 322 g/mol. The highest BCUT2D eigenvalue weighted by Gasteiger charge is 2.22. The first-order valence-electron chi connectivity index (χ1n) is 5.17. The third-order valence-electron chi connectivity index (χ3n) is 2.36. The van der Waals surface area contributed by atoms with Crippen molar-refractivity contribution in [2.45, 2.75) is 19.4 Å². The Bertz CT molecular complexity index is 365. The standard InChI is InChI=1S/C12H17BrN2O.ClH/c1-12(2,15-11(16)8-14-3)9-4-6-10(13)7-5-9;/h4-7,14H,8H2,1-3H3,(H,15,16);1H. The van der Waals surface area contributed by atoms with Crippen LogP contribution in [0.3, 0.4) is 0 Å². The van der Waals surface area contributed by atoms with E-state index in [1.54, 1.807) is 7.05 Å². The minimum Gasteiger partial charge on any atom is -0.346 e. The van der Waals surface area contributed by atoms with Crippen LogP contribution in [0.1, 0.15) is 19.4 Å². The molecule has 1 aromatic carbocycles. The first-order valence-corrected chi connectivity index (χ1v) is 5.96. The maximum atomic E-state index is 11.5. The van der Waals surface area contributed by atoms with Crippen molar-refractivity contribution in [3.63, 3.8) is 0 Å². The Balaban J connectivity index is 0.00000256. The van der Waals surface area contributed by atoms with Gasteiger partial charge in [0.2, 0.25) is 5.91 Å². The van der Waals surface area contributed by atoms with E-state index in [1.165, 1.54) is 0 Å². The van der Waals surface area contributed by atoms with Crippen LogP contribution >= 0.6 is 28.3 Å². The number of rotatable bonds is 4. The number of halogens is 2. The molecule has 0 saturated heterocycles. The lowest BCUT2D eigenvalue weighted by Gasteiger charge is -2.27. The predicted molar refractivity (Wildman–Crippen MR) is 76.5 cm³/mol. The van der Waals surface area contributed by atoms with Gasteiger partial charge in [-0.2, -0.15) is 0 Å². The smallest absolute Gasteiger partial charge is 0.234 e. The molecule has 0 spiro atoms. The third-order valence-corrected chi connectivity index (χ3v) is 2.88. The number of benzene rings is 1. The van der Waals surface area contributed by atoms with Crippen LogP contribution < -0.4 is 10.6 Å². The zero-order valence-electron chi connectivity index (χ0n) is 10.2. The Morgan fingerprint density at radius 3 is 2.29 bits per heavy atom. The second-order valence-corrected chi connectivity index (χ2v) is 5.13. The van der Waals surface area contributed by atoms with E-state index in [2.05, 4.69) is 26.6 Å². The number of hydrogen-bond acceptors (Lipinski definition) is 2. The molecule has 0 radical (unpaired) electrons. The van der Waals surface area contributed by atoms with Gasteiger partial charge >= 0.3 is 0 Å². The third kappa shape index (κ3) is 5.06. The molecule has 0 aromatic heterocycles. The van der Waals surface area contributed by atoms with Crippen LogP contribution in [0, 0.1) is 0 Å². The fourth-order valence-electron chi connectivity index (χ4n) is 1.49. The quantitative estimate of drug-likeness (QED) is 0.894. The fourth-order valence-corrected chi connectivity index (χ4v) is 1.76. The van der Waals surface area contributed by atoms with Gasteiger partial charge in [-0.05, 0) is 38.6 Å². The molecule has 0 fully saturated rings. The van der Waals surface area contributed by atoms with Gasteiger partial charge in [0.15, 0.2) is 0 Å². The van der Waals surface area contributed by atoms with Crippen molar-refractivity contribution >= 4 is 34.2 Å². The van der Waals surface area contributed by atoms with E-state index in [9.17, 15) is 4.79 Å². The summed E-state index contributed by atoms with van der Waals surface area (Å²) in [7, 11) is 1.76. The number of hydrogen-bond donors (Lipinski definition) is 2. The highest BCUT2D eigenvalue weighted by Crippen LogP contribution is 2.21. The van der Waals surface area contributed by atoms with Crippen LogP contribution in [0.15, 0.2) is 28.7 Å². The second kappa shape index (κ2) is 6.99. The van der Waals surface area contributed by atoms with Crippen molar-refractivity contribution in [1.29, 1.82) is 0 Å². The van der Waals surface area contributed by atoms with Crippen LogP contribution in [-0.4, -0.2) is 19.5 Å². The number of carbonyl (C=O) groups is 1. The van der Waals surface area contributed by atoms with Gasteiger partial charge in [-0.1, -0.05) is 28.1 Å². The van der Waals surface area contributed by atoms with E-state index in [4.69, 9.17) is 0 Å². The molecule has 3 nitrogen and oxygen atoms in total. The summed E-state index contributed by atoms with van der Waals surface area (Å²) < 4.78 is 1.04. The Morgan fingerprint density at radius 1 is 1.29 bits per heavy atom. The first-order chi connectivity index (χ1) is 7.45. The summed E-state index contributed by atoms with van der Waals surface area (Å²) in [5, 5.41) is 5.81. The van der Waals surface area contributed by atoms with Crippen molar-refractivity contribution in [3.8, 4) is 0 Å². The van der Waals surface area contributed by atoms with E-state index in [1.807, 2.05) is 38.1 Å². The molecule has 2 N–H and O–H groups in total. The van der Waals surface area contributed by atoms with Gasteiger partial charge in [-0.3, -0.25) is 4.79 Å². The molecule has 5 heteroatoms. The van der Waals surface area contributed by atoms with Crippen LogP contribution in [-0.2, 0) is 10.3 Å². The summed E-state index contributed by atoms with van der Waals surface area (Å²) in [6, 6.07) is 7.95. The lowest BCUT2D eigenvalue weighted by atomic mass is 9.94. The maximum absolute atomic E-state index is 11.5. The number of carbonyl (C=O) groups excluding carboxylic acids is 1. The second-order valence-electron chi connectivity index (χ2n) is 4.21. The molecule has 1 amide bonds. The molecule has 1 aromatic rings. The van der Waals surface area contributed by atoms with E-state index >= 15 is 0 Å². The molecule has 0 saturated carbocycles. The monoisotopic (exact) mass is 320 g/mol. The van der Waals surface area contributed by atoms with Gasteiger partial charge in [-0.15, -0.1) is 12.4 Å². The summed E-state index contributed by atoms with van der Waals surface area (Å²) in [4.78, 5) is 11.5. The van der Waals surface area contributed by atoms with E-state index in [0.29, 0.717) is 6.54 Å². The van der Waals surface area contributed by atoms with E-state index in [-0.39, 0.29) is 23.9 Å². The first kappa shape index (κ1) is 16.4. The van der Waals surface area contributed by atoms with Crippen molar-refractivity contribution in [1.82, 2.24) is 10.6 Å². The molecule has 0 unspecified atom stereocenters. The summed E-state index contributed by atoms with van der Waals surface area (Å²) in [5.41, 5.74) is 0.731. The summed E-state index contributed by atoms with van der Waals surface area (Å²) in [6.45, 7) is 4.31. The van der Waals surface area contributed by atoms with E-state index in [0.717, 1.165) is 10.0 Å². The molecule has 1 rings (SSSR count). The Morgan fingerprint density at radius 2 is 1.82 bits per heavy atom. The van der Waals surface area contributed by atoms with Gasteiger partial charge in [-0.25, -0.2) is 0 Å². The molecule has 0 heterocycles. The van der Waals surface area contributed by atoms with Gasteiger partial charge in [0.05, 0.1) is 12.1 Å². The van der Waals surface area contributed by atoms with Gasteiger partial charge < -0.3 is 10.6 Å². The zero-order valence-corrected chi connectivity index (χ0v) is 12.6. The summed E-state index contributed by atoms with van der Waals surface area (Å²) in [5.74, 6) is -0.00424. The SMILES string of the molecule is CNCC(=O)NC(C)(C)c1ccc(Br)cc1.Cl. The van der Waals surface area contributed by atoms with Crippen LogP contribution in [0.5, 0.6) is 0 Å². The van der Waals surface area contributed by atoms with Gasteiger partial charge in [0.25, 0.3) is 0 Å². The molecule has 0 bridgehead atoms. The number of amides is 1. The van der Waals surface area contributed by atoms with Crippen molar-refractivity contribution in [2.24, 2.45) is 0 Å². The molecular formula is C12H18BrClN2O. The lowest BCUT2D eigenvalue weighted by molar-refractivity contribution is -0.121. The molecule has 0 atom stereocenters. The minimum atomic E-state index is -0.353. The average Bonchev–Trinajstić information content (AvgIpc) is 2.17. The number of likely N-dealkylation sites (N-methyl/N-ethyl adjacent to an activating group) is 1. The fraction of sp³-hybridized carbons (Fsp3) is 0.417. The number of nitrogens with one attached hydrogen (secondary N) is 2. The molecule has 0 aliphatic heterocycles. The van der Waals surface area contributed by atoms with E-state index < -0.39 is 0 Å². The molecule has 0 aliphatic rings. The van der Waals surface area contributed by atoms with Crippen molar-refractivity contribution in [3.05, 3.63) is 34.3 Å². The molecule has 17 heavy (non-hydrogen) atoms. The highest BCUT2D eigenvalue weighted by atomic mass is 79.9. The zero-order chi connectivity index (χ0) is 12.2. The summed E-state index contributed by atoms with van der Waals surface area (Å²) >= 11 is 3.39. The van der Waals surface area contributed by atoms with Crippen molar-refractivity contribution in [2.75, 3.05) is 13.6 Å². The maximum Gasteiger partial charge on any atom is 0.234 e. The minimum absolute atomic E-state index is 0. The van der Waals surface area contributed by atoms with Crippen LogP contribution in [0.4, 0.5) is 0 Å². The van der Waals surface area contributed by atoms with Crippen LogP contribution in [0.2, 0.25) is 0 Å². The molecule has 96 valence electrons. The molecule has 0 aliphatic carbocycles. The highest BCUT2D eigenvalue weighted by molar-refractivity contribution is 9.10. The van der Waals surface area contributed by atoms with Gasteiger partial charge in [0, 0.05) is 4.47 Å². The topological polar surface area (TPSA) is 41.1 Å². The van der Waals surface area contributed by atoms with Crippen molar-refractivity contribution < 1.29 is 4.79 Å². The normalized spacial score (nSPS) is 10.6. The molecular weight excluding hydrogens is 304 g/mol. The predicted octanol–water partition coefficient (Wildman–Crippen LogP) is 2.44. The Hall–Kier alpha value is -0.580. The largest absolute Gasteiger partial charge is 0.346 e.